The topological polar surface area (TPSA) is 191 Å². The van der Waals surface area contributed by atoms with E-state index in [2.05, 4.69) is 38.0 Å². The normalized spacial score (nSPS) is 18.0. The van der Waals surface area contributed by atoms with Crippen molar-refractivity contribution in [1.82, 2.24) is 15.2 Å². The number of carbonyl (C=O) groups excluding carboxylic acids is 3. The van der Waals surface area contributed by atoms with E-state index in [0.29, 0.717) is 20.9 Å². The third-order valence-corrected chi connectivity index (χ3v) is 8.87. The lowest BCUT2D eigenvalue weighted by Gasteiger charge is -2.49. The Labute approximate surface area is 268 Å². The number of carboxylic acids is 2. The van der Waals surface area contributed by atoms with Crippen LogP contribution in [0.25, 0.3) is 0 Å². The first-order valence-corrected chi connectivity index (χ1v) is 15.6. The van der Waals surface area contributed by atoms with Crippen LogP contribution in [0.3, 0.4) is 0 Å². The number of anilines is 1. The molecule has 2 aliphatic rings. The number of hydrogen-bond acceptors (Lipinski definition) is 12. The molecule has 0 aromatic carbocycles. The number of fused-ring (bicyclic) bond motifs is 1. The third-order valence-electron chi connectivity index (χ3n) is 5.55. The van der Waals surface area contributed by atoms with E-state index in [9.17, 15) is 32.7 Å². The number of hydrogen-bond donors (Lipinski definition) is 3. The number of halogens is 4. The first-order chi connectivity index (χ1) is 20.6. The molecule has 0 bridgehead atoms. The van der Waals surface area contributed by atoms with E-state index in [0.717, 1.165) is 16.2 Å². The van der Waals surface area contributed by atoms with Crippen molar-refractivity contribution in [2.75, 3.05) is 23.8 Å². The number of rotatable bonds is 10. The number of nitrogens with two attached hydrogens (primary N) is 1. The van der Waals surface area contributed by atoms with Gasteiger partial charge in [0.1, 0.15) is 37.1 Å². The van der Waals surface area contributed by atoms with Crippen molar-refractivity contribution in [3.05, 3.63) is 57.3 Å². The highest BCUT2D eigenvalue weighted by molar-refractivity contribution is 9.11. The SMILES string of the molecule is C=C(Br)CON=C(C(=O)NC1C(=O)N2C(C(=O)O)=C(CSc3cc[n+](C)cc3)SCC12)c1csc(N)n1.O=C([O-])C(F)(F)F. The predicted octanol–water partition coefficient (Wildman–Crippen LogP) is 1.01. The number of thioether (sulfide) groups is 2. The highest BCUT2D eigenvalue weighted by Crippen LogP contribution is 2.41. The fraction of sp³-hybridized carbons (Fsp3) is 0.292. The summed E-state index contributed by atoms with van der Waals surface area (Å²) >= 11 is 7.14. The second kappa shape index (κ2) is 14.9. The van der Waals surface area contributed by atoms with E-state index in [1.165, 1.54) is 28.4 Å². The number of oxime groups is 1. The summed E-state index contributed by atoms with van der Waals surface area (Å²) in [4.78, 5) is 59.1. The lowest BCUT2D eigenvalue weighted by Crippen LogP contribution is -2.73. The number of aryl methyl sites for hydroxylation is 1. The summed E-state index contributed by atoms with van der Waals surface area (Å²) in [6, 6.07) is 2.45. The molecule has 13 nitrogen and oxygen atoms in total. The number of β-lactam (4-membered cyclic amide) rings is 1. The molecule has 4 N–H and O–H groups in total. The Morgan fingerprint density at radius 2 is 2.02 bits per heavy atom. The number of carbonyl (C=O) groups is 4. The van der Waals surface area contributed by atoms with Gasteiger partial charge >= 0.3 is 12.1 Å². The highest BCUT2D eigenvalue weighted by Gasteiger charge is 2.54. The molecular formula is C24H22BrF3N6O7S3. The van der Waals surface area contributed by atoms with Crippen molar-refractivity contribution < 1.29 is 52.0 Å². The van der Waals surface area contributed by atoms with Gasteiger partial charge in [-0.1, -0.05) is 27.7 Å². The van der Waals surface area contributed by atoms with E-state index in [1.54, 1.807) is 5.38 Å². The average molecular weight is 740 g/mol. The molecule has 2 atom stereocenters. The van der Waals surface area contributed by atoms with Crippen molar-refractivity contribution in [1.29, 1.82) is 0 Å². The summed E-state index contributed by atoms with van der Waals surface area (Å²) in [6.45, 7) is 3.66. The molecule has 2 aromatic heterocycles. The summed E-state index contributed by atoms with van der Waals surface area (Å²) in [5, 5.41) is 27.0. The maximum Gasteiger partial charge on any atom is 0.430 e. The summed E-state index contributed by atoms with van der Waals surface area (Å²) < 4.78 is 34.0. The van der Waals surface area contributed by atoms with E-state index < -0.39 is 42.0 Å². The summed E-state index contributed by atoms with van der Waals surface area (Å²) in [5.74, 6) is -4.54. The number of pyridine rings is 1. The molecule has 2 unspecified atom stereocenters. The van der Waals surface area contributed by atoms with E-state index in [-0.39, 0.29) is 28.8 Å². The molecule has 236 valence electrons. The van der Waals surface area contributed by atoms with Gasteiger partial charge in [0.15, 0.2) is 23.2 Å². The molecule has 4 heterocycles. The van der Waals surface area contributed by atoms with Gasteiger partial charge in [-0.2, -0.15) is 13.2 Å². The Bertz CT molecular complexity index is 1520. The van der Waals surface area contributed by atoms with E-state index in [1.807, 2.05) is 36.1 Å². The van der Waals surface area contributed by atoms with E-state index in [4.69, 9.17) is 20.5 Å². The minimum atomic E-state index is -5.19. The number of alkyl halides is 3. The van der Waals surface area contributed by atoms with Gasteiger partial charge in [0.25, 0.3) is 11.8 Å². The first-order valence-electron chi connectivity index (χ1n) is 11.9. The van der Waals surface area contributed by atoms with Gasteiger partial charge in [0, 0.05) is 43.3 Å². The Balaban J connectivity index is 0.000000676. The zero-order chi connectivity index (χ0) is 32.8. The highest BCUT2D eigenvalue weighted by atomic mass is 79.9. The maximum absolute atomic E-state index is 13.1. The van der Waals surface area contributed by atoms with Crippen LogP contribution in [0, 0.1) is 0 Å². The van der Waals surface area contributed by atoms with Gasteiger partial charge in [-0.25, -0.2) is 14.3 Å². The molecule has 44 heavy (non-hydrogen) atoms. The molecule has 0 radical (unpaired) electrons. The van der Waals surface area contributed by atoms with Crippen LogP contribution < -0.4 is 20.7 Å². The molecule has 2 aliphatic heterocycles. The predicted molar refractivity (Wildman–Crippen MR) is 156 cm³/mol. The van der Waals surface area contributed by atoms with Crippen LogP contribution in [0.1, 0.15) is 5.69 Å². The number of nitrogens with zero attached hydrogens (tertiary/aromatic N) is 4. The first kappa shape index (κ1) is 34.9. The molecule has 1 saturated heterocycles. The largest absolute Gasteiger partial charge is 0.542 e. The fourth-order valence-electron chi connectivity index (χ4n) is 3.58. The molecular weight excluding hydrogens is 717 g/mol. The van der Waals surface area contributed by atoms with Gasteiger partial charge < -0.3 is 30.9 Å². The molecule has 0 saturated carbocycles. The summed E-state index contributed by atoms with van der Waals surface area (Å²) in [7, 11) is 1.91. The number of carboxylic acid groups (broad SMARTS) is 2. The number of nitrogen functional groups attached to an aromatic ring is 1. The van der Waals surface area contributed by atoms with Crippen molar-refractivity contribution in [3.63, 3.8) is 0 Å². The minimum absolute atomic E-state index is 0.0147. The number of amides is 2. The molecule has 2 amide bonds. The number of thiazole rings is 1. The van der Waals surface area contributed by atoms with Gasteiger partial charge in [0.05, 0.1) is 6.04 Å². The molecule has 4 rings (SSSR count). The minimum Gasteiger partial charge on any atom is -0.542 e. The van der Waals surface area contributed by atoms with Crippen LogP contribution in [0.15, 0.2) is 61.6 Å². The van der Waals surface area contributed by atoms with Crippen LogP contribution in [0.4, 0.5) is 18.3 Å². The second-order valence-corrected chi connectivity index (χ2v) is 12.9. The van der Waals surface area contributed by atoms with Crippen LogP contribution in [-0.2, 0) is 31.1 Å². The van der Waals surface area contributed by atoms with Crippen LogP contribution in [-0.4, -0.2) is 80.8 Å². The number of nitrogens with one attached hydrogen (secondary N) is 1. The molecule has 20 heteroatoms. The Morgan fingerprint density at radius 1 is 1.39 bits per heavy atom. The maximum atomic E-state index is 13.1. The van der Waals surface area contributed by atoms with Crippen molar-refractivity contribution in [2.45, 2.75) is 23.2 Å². The zero-order valence-electron chi connectivity index (χ0n) is 22.4. The standard InChI is InChI=1S/C22H21BrN6O5S3.C2HF3O2/c1-11(23)7-34-27-16(13-8-37-22(24)25-13)19(30)26-17-14-9-36-15(18(21(32)33)29(14)20(17)31)10-35-12-3-5-28(2)6-4-12;3-2(4,5)1(6)7/h3-6,8,14,17H,1,7,9-10H2,2H3,(H3-,24,25,26,30,32,33);(H,6,7). The van der Waals surface area contributed by atoms with Crippen LogP contribution in [0.5, 0.6) is 0 Å². The monoisotopic (exact) mass is 738 g/mol. The Hall–Kier alpha value is -3.62. The fourth-order valence-corrected chi connectivity index (χ4v) is 6.53. The molecule has 0 aliphatic carbocycles. The van der Waals surface area contributed by atoms with Crippen molar-refractivity contribution in [2.24, 2.45) is 12.2 Å². The summed E-state index contributed by atoms with van der Waals surface area (Å²) in [6.07, 6.45) is -1.38. The lowest BCUT2D eigenvalue weighted by atomic mass is 9.94. The number of aromatic nitrogens is 2. The zero-order valence-corrected chi connectivity index (χ0v) is 26.4. The Kier molecular flexibility index (Phi) is 11.8. The molecule has 1 fully saturated rings. The smallest absolute Gasteiger partial charge is 0.430 e. The lowest BCUT2D eigenvalue weighted by molar-refractivity contribution is -0.671. The molecule has 2 aromatic rings. The summed E-state index contributed by atoms with van der Waals surface area (Å²) in [5.41, 5.74) is 5.69. The van der Waals surface area contributed by atoms with Gasteiger partial charge in [-0.05, 0) is 0 Å². The number of aliphatic carboxylic acids is 2. The van der Waals surface area contributed by atoms with Gasteiger partial charge in [-0.15, -0.1) is 34.9 Å². The van der Waals surface area contributed by atoms with E-state index >= 15 is 0 Å². The molecule has 0 spiro atoms. The second-order valence-electron chi connectivity index (χ2n) is 8.69. The van der Waals surface area contributed by atoms with Crippen molar-refractivity contribution >= 4 is 85.4 Å². The quantitative estimate of drug-likeness (QED) is 0.104. The van der Waals surface area contributed by atoms with Crippen LogP contribution >= 0.6 is 50.8 Å². The average Bonchev–Trinajstić information content (AvgIpc) is 3.38. The third kappa shape index (κ3) is 8.96. The van der Waals surface area contributed by atoms with Gasteiger partial charge in [0.2, 0.25) is 0 Å². The Morgan fingerprint density at radius 3 is 2.55 bits per heavy atom. The van der Waals surface area contributed by atoms with Gasteiger partial charge in [-0.3, -0.25) is 14.5 Å². The van der Waals surface area contributed by atoms with Crippen LogP contribution in [0.2, 0.25) is 0 Å². The van der Waals surface area contributed by atoms with Crippen molar-refractivity contribution in [3.8, 4) is 0 Å².